The van der Waals surface area contributed by atoms with Crippen molar-refractivity contribution in [3.63, 3.8) is 0 Å². The summed E-state index contributed by atoms with van der Waals surface area (Å²) in [5.41, 5.74) is 4.95. The summed E-state index contributed by atoms with van der Waals surface area (Å²) in [5.74, 6) is 0. The van der Waals surface area contributed by atoms with E-state index in [1.54, 1.807) is 0 Å². The Kier molecular flexibility index (Phi) is 7.18. The molecule has 3 rings (SSSR count). The first-order valence-electron chi connectivity index (χ1n) is 9.57. The van der Waals surface area contributed by atoms with Gasteiger partial charge in [0.1, 0.15) is 0 Å². The van der Waals surface area contributed by atoms with Gasteiger partial charge in [0.25, 0.3) is 0 Å². The van der Waals surface area contributed by atoms with Crippen LogP contribution in [0.4, 0.5) is 0 Å². The molecule has 2 N–H and O–H groups in total. The standard InChI is InChI=1S/C24H28NOP/c1-3-19-9-7-8-12-23(19)20-13-15-22(16-14-20)27-17-25-18(2)24(26)21-10-5-4-6-11-21/h4-16,18,24-27H,3,17H2,1-2H3/t18-,24-/m0/s1. The van der Waals surface area contributed by atoms with E-state index in [4.69, 9.17) is 0 Å². The zero-order valence-electron chi connectivity index (χ0n) is 16.0. The van der Waals surface area contributed by atoms with Crippen LogP contribution in [0.15, 0.2) is 78.9 Å². The van der Waals surface area contributed by atoms with Gasteiger partial charge in [-0.25, -0.2) is 0 Å². The number of aliphatic hydroxyl groups excluding tert-OH is 1. The lowest BCUT2D eigenvalue weighted by Gasteiger charge is -2.20. The van der Waals surface area contributed by atoms with Crippen LogP contribution in [0, 0.1) is 0 Å². The molecule has 2 nitrogen and oxygen atoms in total. The van der Waals surface area contributed by atoms with Crippen molar-refractivity contribution in [1.82, 2.24) is 5.32 Å². The first-order valence-corrected chi connectivity index (χ1v) is 10.8. The summed E-state index contributed by atoms with van der Waals surface area (Å²) in [6.07, 6.45) is 1.44. The first-order chi connectivity index (χ1) is 13.2. The van der Waals surface area contributed by atoms with E-state index in [-0.39, 0.29) is 6.04 Å². The third-order valence-electron chi connectivity index (χ3n) is 4.93. The Labute approximate surface area is 164 Å². The number of benzene rings is 3. The lowest BCUT2D eigenvalue weighted by Crippen LogP contribution is -2.32. The third-order valence-corrected chi connectivity index (χ3v) is 6.05. The number of aliphatic hydroxyl groups is 1. The van der Waals surface area contributed by atoms with E-state index in [0.717, 1.165) is 18.3 Å². The smallest absolute Gasteiger partial charge is 0.0940 e. The fourth-order valence-corrected chi connectivity index (χ4v) is 4.27. The summed E-state index contributed by atoms with van der Waals surface area (Å²) in [6, 6.07) is 27.4. The molecule has 140 valence electrons. The maximum atomic E-state index is 10.4. The molecule has 3 atom stereocenters. The average Bonchev–Trinajstić information content (AvgIpc) is 2.74. The Morgan fingerprint density at radius 2 is 1.56 bits per heavy atom. The van der Waals surface area contributed by atoms with Crippen LogP contribution in [0.5, 0.6) is 0 Å². The van der Waals surface area contributed by atoms with Gasteiger partial charge in [-0.2, -0.15) is 0 Å². The molecule has 27 heavy (non-hydrogen) atoms. The van der Waals surface area contributed by atoms with Gasteiger partial charge < -0.3 is 10.4 Å². The first kappa shape index (κ1) is 19.8. The minimum absolute atomic E-state index is 0.0237. The minimum atomic E-state index is -0.482. The van der Waals surface area contributed by atoms with Crippen LogP contribution in [0.3, 0.4) is 0 Å². The fraction of sp³-hybridized carbons (Fsp3) is 0.250. The van der Waals surface area contributed by atoms with Crippen LogP contribution in [0.25, 0.3) is 11.1 Å². The van der Waals surface area contributed by atoms with Gasteiger partial charge in [0.15, 0.2) is 0 Å². The molecule has 0 aromatic heterocycles. The number of nitrogens with one attached hydrogen (secondary N) is 1. The third kappa shape index (κ3) is 5.26. The molecule has 0 radical (unpaired) electrons. The summed E-state index contributed by atoms with van der Waals surface area (Å²) in [6.45, 7) is 4.23. The fourth-order valence-electron chi connectivity index (χ4n) is 3.24. The van der Waals surface area contributed by atoms with Crippen molar-refractivity contribution in [2.24, 2.45) is 0 Å². The molecule has 0 fully saturated rings. The molecular formula is C24H28NOP. The van der Waals surface area contributed by atoms with Gasteiger partial charge >= 0.3 is 0 Å². The minimum Gasteiger partial charge on any atom is -0.387 e. The van der Waals surface area contributed by atoms with Crippen LogP contribution >= 0.6 is 8.58 Å². The van der Waals surface area contributed by atoms with E-state index in [2.05, 4.69) is 60.8 Å². The summed E-state index contributed by atoms with van der Waals surface area (Å²) in [4.78, 5) is 0. The predicted octanol–water partition coefficient (Wildman–Crippen LogP) is 4.89. The second-order valence-electron chi connectivity index (χ2n) is 6.79. The van der Waals surface area contributed by atoms with Crippen molar-refractivity contribution in [2.75, 3.05) is 6.29 Å². The molecule has 0 bridgehead atoms. The molecule has 0 saturated carbocycles. The lowest BCUT2D eigenvalue weighted by molar-refractivity contribution is 0.139. The molecule has 0 saturated heterocycles. The molecule has 0 amide bonds. The average molecular weight is 377 g/mol. The van der Waals surface area contributed by atoms with Gasteiger partial charge in [0.05, 0.1) is 6.10 Å². The predicted molar refractivity (Wildman–Crippen MR) is 118 cm³/mol. The normalized spacial score (nSPS) is 13.7. The topological polar surface area (TPSA) is 32.3 Å². The van der Waals surface area contributed by atoms with Gasteiger partial charge in [-0.3, -0.25) is 0 Å². The van der Waals surface area contributed by atoms with Crippen molar-refractivity contribution >= 4 is 13.9 Å². The second-order valence-corrected chi connectivity index (χ2v) is 8.07. The Balaban J connectivity index is 1.55. The highest BCUT2D eigenvalue weighted by Gasteiger charge is 2.15. The molecule has 0 aliphatic heterocycles. The molecule has 3 aromatic carbocycles. The zero-order chi connectivity index (χ0) is 19.1. The summed E-state index contributed by atoms with van der Waals surface area (Å²) in [7, 11) is 0.677. The van der Waals surface area contributed by atoms with Gasteiger partial charge in [-0.05, 0) is 40.9 Å². The molecular weight excluding hydrogens is 349 g/mol. The van der Waals surface area contributed by atoms with Gasteiger partial charge in [0, 0.05) is 12.3 Å². The Bertz CT molecular complexity index is 833. The summed E-state index contributed by atoms with van der Waals surface area (Å²) in [5, 5.41) is 15.2. The maximum absolute atomic E-state index is 10.4. The van der Waals surface area contributed by atoms with Crippen LogP contribution in [-0.2, 0) is 6.42 Å². The number of hydrogen-bond donors (Lipinski definition) is 2. The second kappa shape index (κ2) is 9.80. The van der Waals surface area contributed by atoms with Gasteiger partial charge in [0.2, 0.25) is 0 Å². The highest BCUT2D eigenvalue weighted by atomic mass is 31.1. The molecule has 1 unspecified atom stereocenters. The quantitative estimate of drug-likeness (QED) is 0.548. The zero-order valence-corrected chi connectivity index (χ0v) is 17.0. The highest BCUT2D eigenvalue weighted by molar-refractivity contribution is 7.47. The van der Waals surface area contributed by atoms with Crippen LogP contribution in [-0.4, -0.2) is 17.4 Å². The van der Waals surface area contributed by atoms with E-state index >= 15 is 0 Å². The van der Waals surface area contributed by atoms with Crippen molar-refractivity contribution in [2.45, 2.75) is 32.4 Å². The number of rotatable bonds is 8. The number of hydrogen-bond acceptors (Lipinski definition) is 2. The maximum Gasteiger partial charge on any atom is 0.0940 e. The monoisotopic (exact) mass is 377 g/mol. The van der Waals surface area contributed by atoms with Gasteiger partial charge in [-0.1, -0.05) is 94.4 Å². The molecule has 3 aromatic rings. The van der Waals surface area contributed by atoms with Crippen molar-refractivity contribution in [1.29, 1.82) is 0 Å². The lowest BCUT2D eigenvalue weighted by atomic mass is 9.98. The van der Waals surface area contributed by atoms with Crippen LogP contribution in [0.2, 0.25) is 0 Å². The summed E-state index contributed by atoms with van der Waals surface area (Å²) < 4.78 is 0. The Hall–Kier alpha value is -1.99. The van der Waals surface area contributed by atoms with E-state index in [1.807, 2.05) is 37.3 Å². The summed E-state index contributed by atoms with van der Waals surface area (Å²) >= 11 is 0. The molecule has 3 heteroatoms. The van der Waals surface area contributed by atoms with Gasteiger partial charge in [-0.15, -0.1) is 0 Å². The van der Waals surface area contributed by atoms with E-state index in [1.165, 1.54) is 22.0 Å². The molecule has 0 heterocycles. The Morgan fingerprint density at radius 1 is 0.889 bits per heavy atom. The van der Waals surface area contributed by atoms with Crippen molar-refractivity contribution in [3.8, 4) is 11.1 Å². The van der Waals surface area contributed by atoms with E-state index in [0.29, 0.717) is 8.58 Å². The van der Waals surface area contributed by atoms with E-state index in [9.17, 15) is 5.11 Å². The van der Waals surface area contributed by atoms with E-state index < -0.39 is 6.10 Å². The SMILES string of the molecule is CCc1ccccc1-c1ccc(PCN[C@@H](C)[C@H](O)c2ccccc2)cc1. The molecule has 0 aliphatic rings. The molecule has 0 spiro atoms. The van der Waals surface area contributed by atoms with Crippen LogP contribution < -0.4 is 10.6 Å². The largest absolute Gasteiger partial charge is 0.387 e. The van der Waals surface area contributed by atoms with Crippen LogP contribution in [0.1, 0.15) is 31.1 Å². The van der Waals surface area contributed by atoms with Crippen molar-refractivity contribution in [3.05, 3.63) is 90.0 Å². The highest BCUT2D eigenvalue weighted by Crippen LogP contribution is 2.24. The number of aryl methyl sites for hydroxylation is 1. The van der Waals surface area contributed by atoms with Crippen molar-refractivity contribution < 1.29 is 5.11 Å². The Morgan fingerprint density at radius 3 is 2.26 bits per heavy atom. The molecule has 0 aliphatic carbocycles.